The number of nitrogens with zero attached hydrogens (tertiary/aromatic N) is 2. The summed E-state index contributed by atoms with van der Waals surface area (Å²) in [4.78, 5) is 25.5. The fourth-order valence-corrected chi connectivity index (χ4v) is 3.49. The maximum absolute atomic E-state index is 13.0. The van der Waals surface area contributed by atoms with Crippen molar-refractivity contribution in [1.29, 1.82) is 0 Å². The molecule has 0 saturated carbocycles. The Labute approximate surface area is 167 Å². The summed E-state index contributed by atoms with van der Waals surface area (Å²) < 4.78 is 29.6. The molecule has 1 N–H and O–H groups in total. The Kier molecular flexibility index (Phi) is 5.63. The zero-order valence-electron chi connectivity index (χ0n) is 16.3. The van der Waals surface area contributed by atoms with E-state index in [1.54, 1.807) is 50.2 Å². The third kappa shape index (κ3) is 3.83. The number of carbonyl (C=O) groups excluding carboxylic acids is 2. The molecule has 0 spiro atoms. The first-order chi connectivity index (χ1) is 13.8. The van der Waals surface area contributed by atoms with Crippen LogP contribution in [-0.2, 0) is 10.3 Å². The fraction of sp³-hybridized carbons (Fsp3) is 0.286. The predicted octanol–water partition coefficient (Wildman–Crippen LogP) is 4.10. The summed E-state index contributed by atoms with van der Waals surface area (Å²) in [5, 5.41) is 7.59. The molecular weight excluding hydrogens is 380 g/mol. The topological polar surface area (TPSA) is 71.0 Å². The van der Waals surface area contributed by atoms with Crippen molar-refractivity contribution in [3.63, 3.8) is 0 Å². The maximum Gasteiger partial charge on any atom is 0.387 e. The molecule has 0 aliphatic carbocycles. The number of alkyl halides is 2. The summed E-state index contributed by atoms with van der Waals surface area (Å²) in [6.07, 6.45) is 1.71. The SMILES string of the molecule is CC[C@]1(c2ccccc2)NC(=O)N(/N=C\c2cc(C)c(OC(F)F)c(C)c2)C1=O. The van der Waals surface area contributed by atoms with Crippen LogP contribution in [0.25, 0.3) is 0 Å². The molecule has 1 heterocycles. The van der Waals surface area contributed by atoms with Crippen LogP contribution in [0.2, 0.25) is 0 Å². The second kappa shape index (κ2) is 7.98. The van der Waals surface area contributed by atoms with Gasteiger partial charge in [0.2, 0.25) is 0 Å². The number of carbonyl (C=O) groups is 2. The van der Waals surface area contributed by atoms with E-state index in [0.29, 0.717) is 28.7 Å². The van der Waals surface area contributed by atoms with Gasteiger partial charge in [0, 0.05) is 0 Å². The lowest BCUT2D eigenvalue weighted by Gasteiger charge is -2.24. The summed E-state index contributed by atoms with van der Waals surface area (Å²) in [6, 6.07) is 11.6. The number of aryl methyl sites for hydroxylation is 2. The van der Waals surface area contributed by atoms with Crippen molar-refractivity contribution in [2.24, 2.45) is 5.10 Å². The molecule has 29 heavy (non-hydrogen) atoms. The number of benzene rings is 2. The molecule has 0 unspecified atom stereocenters. The van der Waals surface area contributed by atoms with Gasteiger partial charge in [0.25, 0.3) is 5.91 Å². The lowest BCUT2D eigenvalue weighted by Crippen LogP contribution is -2.43. The molecule has 1 atom stereocenters. The van der Waals surface area contributed by atoms with Gasteiger partial charge in [0.15, 0.2) is 0 Å². The van der Waals surface area contributed by atoms with Crippen molar-refractivity contribution >= 4 is 18.2 Å². The number of ether oxygens (including phenoxy) is 1. The first kappa shape index (κ1) is 20.4. The second-order valence-corrected chi connectivity index (χ2v) is 6.78. The zero-order chi connectivity index (χ0) is 21.2. The highest BCUT2D eigenvalue weighted by atomic mass is 19.3. The van der Waals surface area contributed by atoms with Gasteiger partial charge in [-0.25, -0.2) is 4.79 Å². The van der Waals surface area contributed by atoms with E-state index in [4.69, 9.17) is 0 Å². The van der Waals surface area contributed by atoms with Crippen LogP contribution in [0, 0.1) is 13.8 Å². The molecule has 6 nitrogen and oxygen atoms in total. The van der Waals surface area contributed by atoms with Crippen molar-refractivity contribution in [3.05, 3.63) is 64.7 Å². The van der Waals surface area contributed by atoms with E-state index in [1.807, 2.05) is 13.0 Å². The second-order valence-electron chi connectivity index (χ2n) is 6.78. The minimum Gasteiger partial charge on any atom is -0.434 e. The number of nitrogens with one attached hydrogen (secondary N) is 1. The average Bonchev–Trinajstić information content (AvgIpc) is 2.94. The highest BCUT2D eigenvalue weighted by Gasteiger charge is 2.51. The molecule has 8 heteroatoms. The van der Waals surface area contributed by atoms with Gasteiger partial charge in [0.1, 0.15) is 11.3 Å². The summed E-state index contributed by atoms with van der Waals surface area (Å²) in [6.45, 7) is 2.16. The van der Waals surface area contributed by atoms with Crippen LogP contribution in [0.15, 0.2) is 47.6 Å². The predicted molar refractivity (Wildman–Crippen MR) is 104 cm³/mol. The number of amides is 3. The fourth-order valence-electron chi connectivity index (χ4n) is 3.49. The minimum absolute atomic E-state index is 0.0984. The number of halogens is 2. The number of hydrazone groups is 1. The molecule has 1 saturated heterocycles. The zero-order valence-corrected chi connectivity index (χ0v) is 16.3. The number of urea groups is 1. The number of hydrogen-bond donors (Lipinski definition) is 1. The molecule has 0 aromatic heterocycles. The van der Waals surface area contributed by atoms with Crippen molar-refractivity contribution in [3.8, 4) is 5.75 Å². The van der Waals surface area contributed by atoms with Crippen LogP contribution >= 0.6 is 0 Å². The van der Waals surface area contributed by atoms with E-state index in [0.717, 1.165) is 5.01 Å². The molecule has 152 valence electrons. The van der Waals surface area contributed by atoms with Gasteiger partial charge in [0.05, 0.1) is 6.21 Å². The molecule has 2 aromatic carbocycles. The van der Waals surface area contributed by atoms with Gasteiger partial charge in [-0.15, -0.1) is 5.01 Å². The molecule has 1 fully saturated rings. The highest BCUT2D eigenvalue weighted by Crippen LogP contribution is 2.32. The Morgan fingerprint density at radius 1 is 1.17 bits per heavy atom. The molecule has 0 bridgehead atoms. The Morgan fingerprint density at radius 3 is 2.34 bits per heavy atom. The van der Waals surface area contributed by atoms with Crippen LogP contribution in [0.5, 0.6) is 5.75 Å². The lowest BCUT2D eigenvalue weighted by atomic mass is 9.87. The van der Waals surface area contributed by atoms with Gasteiger partial charge < -0.3 is 10.1 Å². The monoisotopic (exact) mass is 401 g/mol. The van der Waals surface area contributed by atoms with E-state index >= 15 is 0 Å². The molecule has 3 amide bonds. The molecule has 2 aromatic rings. The van der Waals surface area contributed by atoms with Gasteiger partial charge in [-0.2, -0.15) is 13.9 Å². The van der Waals surface area contributed by atoms with E-state index in [2.05, 4.69) is 15.2 Å². The van der Waals surface area contributed by atoms with Crippen LogP contribution in [0.4, 0.5) is 13.6 Å². The quantitative estimate of drug-likeness (QED) is 0.585. The Morgan fingerprint density at radius 2 is 1.79 bits per heavy atom. The largest absolute Gasteiger partial charge is 0.434 e. The summed E-state index contributed by atoms with van der Waals surface area (Å²) >= 11 is 0. The number of rotatable bonds is 6. The standard InChI is InChI=1S/C21H21F2N3O3/c1-4-21(16-8-6-5-7-9-16)18(27)26(20(28)25-21)24-12-15-10-13(2)17(14(3)11-15)29-19(22)23/h5-12,19H,4H2,1-3H3,(H,25,28)/b24-12-/t21-/m1/s1. The minimum atomic E-state index is -2.92. The first-order valence-corrected chi connectivity index (χ1v) is 9.10. The molecular formula is C21H21F2N3O3. The summed E-state index contributed by atoms with van der Waals surface area (Å²) in [7, 11) is 0. The van der Waals surface area contributed by atoms with E-state index < -0.39 is 24.1 Å². The Hall–Kier alpha value is -3.29. The van der Waals surface area contributed by atoms with E-state index in [1.165, 1.54) is 6.21 Å². The third-order valence-corrected chi connectivity index (χ3v) is 4.88. The molecule has 3 rings (SSSR count). The third-order valence-electron chi connectivity index (χ3n) is 4.88. The molecule has 0 radical (unpaired) electrons. The number of hydrogen-bond acceptors (Lipinski definition) is 4. The summed E-state index contributed by atoms with van der Waals surface area (Å²) in [5.74, 6) is -0.375. The van der Waals surface area contributed by atoms with Gasteiger partial charge in [-0.3, -0.25) is 4.79 Å². The van der Waals surface area contributed by atoms with Gasteiger partial charge in [-0.1, -0.05) is 37.3 Å². The molecule has 1 aliphatic rings. The average molecular weight is 401 g/mol. The van der Waals surface area contributed by atoms with Crippen LogP contribution in [0.3, 0.4) is 0 Å². The first-order valence-electron chi connectivity index (χ1n) is 9.10. The van der Waals surface area contributed by atoms with Crippen molar-refractivity contribution in [2.75, 3.05) is 0 Å². The van der Waals surface area contributed by atoms with Gasteiger partial charge in [-0.05, 0) is 54.7 Å². The van der Waals surface area contributed by atoms with Crippen molar-refractivity contribution in [2.45, 2.75) is 39.3 Å². The normalized spacial score (nSPS) is 19.3. The van der Waals surface area contributed by atoms with Crippen molar-refractivity contribution < 1.29 is 23.1 Å². The van der Waals surface area contributed by atoms with Crippen LogP contribution in [-0.4, -0.2) is 29.8 Å². The molecule has 1 aliphatic heterocycles. The Balaban J connectivity index is 1.88. The number of imide groups is 1. The van der Waals surface area contributed by atoms with E-state index in [-0.39, 0.29) is 5.75 Å². The Bertz CT molecular complexity index is 940. The smallest absolute Gasteiger partial charge is 0.387 e. The summed E-state index contributed by atoms with van der Waals surface area (Å²) in [5.41, 5.74) is 1.05. The lowest BCUT2D eigenvalue weighted by molar-refractivity contribution is -0.131. The van der Waals surface area contributed by atoms with Crippen LogP contribution in [0.1, 0.15) is 35.6 Å². The van der Waals surface area contributed by atoms with E-state index in [9.17, 15) is 18.4 Å². The van der Waals surface area contributed by atoms with Gasteiger partial charge >= 0.3 is 12.6 Å². The van der Waals surface area contributed by atoms with Crippen LogP contribution < -0.4 is 10.1 Å². The van der Waals surface area contributed by atoms with Crippen molar-refractivity contribution in [1.82, 2.24) is 10.3 Å². The highest BCUT2D eigenvalue weighted by molar-refractivity contribution is 6.07. The maximum atomic E-state index is 13.0.